The number of aromatic nitrogens is 2. The second kappa shape index (κ2) is 6.66. The zero-order chi connectivity index (χ0) is 13.7. The van der Waals surface area contributed by atoms with E-state index < -0.39 is 0 Å². The third kappa shape index (κ3) is 3.66. The van der Waals surface area contributed by atoms with E-state index in [1.807, 2.05) is 0 Å². The molecule has 108 valence electrons. The molecule has 19 heavy (non-hydrogen) atoms. The van der Waals surface area contributed by atoms with E-state index in [0.717, 1.165) is 36.9 Å². The summed E-state index contributed by atoms with van der Waals surface area (Å²) in [4.78, 5) is 4.67. The summed E-state index contributed by atoms with van der Waals surface area (Å²) in [6.07, 6.45) is 5.85. The largest absolute Gasteiger partial charge is 0.367 e. The van der Waals surface area contributed by atoms with E-state index in [0.29, 0.717) is 5.92 Å². The standard InChI is InChI=1S/C14H25N3OS/c1-4-18-14(8-6-5-7-9-14)12-16-13(19-17-12)15-10-11(2)3/h11H,4-10H2,1-3H3,(H,15,16,17). The van der Waals surface area contributed by atoms with Crippen LogP contribution in [0.25, 0.3) is 0 Å². The molecule has 5 heteroatoms. The summed E-state index contributed by atoms with van der Waals surface area (Å²) in [6.45, 7) is 8.11. The highest BCUT2D eigenvalue weighted by atomic mass is 32.1. The van der Waals surface area contributed by atoms with E-state index in [9.17, 15) is 0 Å². The van der Waals surface area contributed by atoms with Crippen molar-refractivity contribution in [1.82, 2.24) is 9.36 Å². The molecular weight excluding hydrogens is 258 g/mol. The first kappa shape index (κ1) is 14.7. The minimum absolute atomic E-state index is 0.221. The molecule has 0 aliphatic heterocycles. The van der Waals surface area contributed by atoms with Crippen molar-refractivity contribution in [3.8, 4) is 0 Å². The lowest BCUT2D eigenvalue weighted by molar-refractivity contribution is -0.0758. The lowest BCUT2D eigenvalue weighted by atomic mass is 9.84. The van der Waals surface area contributed by atoms with E-state index in [4.69, 9.17) is 4.74 Å². The molecule has 1 aromatic rings. The van der Waals surface area contributed by atoms with Crippen molar-refractivity contribution in [1.29, 1.82) is 0 Å². The summed E-state index contributed by atoms with van der Waals surface area (Å²) in [5, 5.41) is 4.28. The smallest absolute Gasteiger partial charge is 0.202 e. The number of hydrogen-bond donors (Lipinski definition) is 1. The van der Waals surface area contributed by atoms with Gasteiger partial charge in [-0.05, 0) is 25.7 Å². The van der Waals surface area contributed by atoms with Crippen LogP contribution in [0, 0.1) is 5.92 Å². The van der Waals surface area contributed by atoms with Gasteiger partial charge in [-0.15, -0.1) is 0 Å². The average Bonchev–Trinajstić information content (AvgIpc) is 2.87. The van der Waals surface area contributed by atoms with Gasteiger partial charge in [-0.3, -0.25) is 0 Å². The Kier molecular flexibility index (Phi) is 5.16. The maximum Gasteiger partial charge on any atom is 0.202 e. The highest BCUT2D eigenvalue weighted by molar-refractivity contribution is 7.09. The highest BCUT2D eigenvalue weighted by Crippen LogP contribution is 2.40. The van der Waals surface area contributed by atoms with Gasteiger partial charge in [-0.1, -0.05) is 33.1 Å². The van der Waals surface area contributed by atoms with Crippen LogP contribution in [0.5, 0.6) is 0 Å². The van der Waals surface area contributed by atoms with E-state index in [-0.39, 0.29) is 5.60 Å². The Morgan fingerprint density at radius 1 is 1.32 bits per heavy atom. The van der Waals surface area contributed by atoms with Gasteiger partial charge >= 0.3 is 0 Å². The summed E-state index contributed by atoms with van der Waals surface area (Å²) in [6, 6.07) is 0. The predicted molar refractivity (Wildman–Crippen MR) is 79.6 cm³/mol. The fourth-order valence-corrected chi connectivity index (χ4v) is 3.26. The van der Waals surface area contributed by atoms with Crippen molar-refractivity contribution >= 4 is 16.7 Å². The number of hydrogen-bond acceptors (Lipinski definition) is 5. The summed E-state index contributed by atoms with van der Waals surface area (Å²) in [5.74, 6) is 1.51. The summed E-state index contributed by atoms with van der Waals surface area (Å²) in [5.41, 5.74) is -0.221. The molecular formula is C14H25N3OS. The molecule has 1 heterocycles. The quantitative estimate of drug-likeness (QED) is 0.862. The van der Waals surface area contributed by atoms with Crippen LogP contribution < -0.4 is 5.32 Å². The van der Waals surface area contributed by atoms with Crippen LogP contribution in [-0.2, 0) is 10.3 Å². The van der Waals surface area contributed by atoms with Crippen molar-refractivity contribution < 1.29 is 4.74 Å². The second-order valence-corrected chi connectivity index (χ2v) is 6.44. The highest BCUT2D eigenvalue weighted by Gasteiger charge is 2.38. The summed E-state index contributed by atoms with van der Waals surface area (Å²) >= 11 is 1.46. The van der Waals surface area contributed by atoms with Crippen LogP contribution in [0.2, 0.25) is 0 Å². The molecule has 0 atom stereocenters. The van der Waals surface area contributed by atoms with Crippen molar-refractivity contribution in [2.75, 3.05) is 18.5 Å². The maximum absolute atomic E-state index is 6.05. The molecule has 1 aliphatic carbocycles. The molecule has 4 nitrogen and oxygen atoms in total. The van der Waals surface area contributed by atoms with Gasteiger partial charge < -0.3 is 10.1 Å². The molecule has 0 saturated heterocycles. The lowest BCUT2D eigenvalue weighted by Gasteiger charge is -2.34. The lowest BCUT2D eigenvalue weighted by Crippen LogP contribution is -2.33. The topological polar surface area (TPSA) is 47.0 Å². The number of rotatable bonds is 6. The molecule has 0 bridgehead atoms. The van der Waals surface area contributed by atoms with Crippen LogP contribution in [0.3, 0.4) is 0 Å². The fourth-order valence-electron chi connectivity index (χ4n) is 2.60. The molecule has 1 N–H and O–H groups in total. The Hall–Kier alpha value is -0.680. The first-order valence-corrected chi connectivity index (χ1v) is 8.15. The Labute approximate surface area is 120 Å². The van der Waals surface area contributed by atoms with Crippen LogP contribution in [0.15, 0.2) is 0 Å². The van der Waals surface area contributed by atoms with E-state index in [1.54, 1.807) is 0 Å². The van der Waals surface area contributed by atoms with Crippen LogP contribution >= 0.6 is 11.5 Å². The zero-order valence-electron chi connectivity index (χ0n) is 12.2. The minimum Gasteiger partial charge on any atom is -0.367 e. The molecule has 0 radical (unpaired) electrons. The molecule has 1 fully saturated rings. The van der Waals surface area contributed by atoms with Crippen LogP contribution in [0.4, 0.5) is 5.13 Å². The monoisotopic (exact) mass is 283 g/mol. The van der Waals surface area contributed by atoms with Gasteiger partial charge in [0.2, 0.25) is 5.13 Å². The molecule has 1 aliphatic rings. The molecule has 1 saturated carbocycles. The third-order valence-electron chi connectivity index (χ3n) is 3.58. The Morgan fingerprint density at radius 2 is 2.05 bits per heavy atom. The van der Waals surface area contributed by atoms with Gasteiger partial charge in [0.15, 0.2) is 5.82 Å². The second-order valence-electron chi connectivity index (χ2n) is 5.69. The van der Waals surface area contributed by atoms with Crippen molar-refractivity contribution in [2.45, 2.75) is 58.5 Å². The zero-order valence-corrected chi connectivity index (χ0v) is 13.1. The van der Waals surface area contributed by atoms with E-state index in [1.165, 1.54) is 30.8 Å². The Bertz CT molecular complexity index is 380. The molecule has 0 spiro atoms. The molecule has 0 amide bonds. The summed E-state index contributed by atoms with van der Waals surface area (Å²) < 4.78 is 10.6. The van der Waals surface area contributed by atoms with Crippen molar-refractivity contribution in [3.05, 3.63) is 5.82 Å². The maximum atomic E-state index is 6.05. The van der Waals surface area contributed by atoms with Gasteiger partial charge in [-0.25, -0.2) is 4.98 Å². The normalized spacial score (nSPS) is 18.7. The minimum atomic E-state index is -0.221. The summed E-state index contributed by atoms with van der Waals surface area (Å²) in [7, 11) is 0. The first-order valence-electron chi connectivity index (χ1n) is 7.38. The third-order valence-corrected chi connectivity index (χ3v) is 4.25. The Morgan fingerprint density at radius 3 is 2.68 bits per heavy atom. The van der Waals surface area contributed by atoms with Crippen molar-refractivity contribution in [3.63, 3.8) is 0 Å². The van der Waals surface area contributed by atoms with Crippen LogP contribution in [-0.4, -0.2) is 22.5 Å². The Balaban J connectivity index is 2.09. The number of nitrogens with zero attached hydrogens (tertiary/aromatic N) is 2. The SMILES string of the molecule is CCOC1(c2nsc(NCC(C)C)n2)CCCCC1. The van der Waals surface area contributed by atoms with Gasteiger partial charge in [0.1, 0.15) is 5.60 Å². The molecule has 2 rings (SSSR count). The fraction of sp³-hybridized carbons (Fsp3) is 0.857. The van der Waals surface area contributed by atoms with Gasteiger partial charge in [-0.2, -0.15) is 4.37 Å². The number of ether oxygens (including phenoxy) is 1. The van der Waals surface area contributed by atoms with Crippen LogP contribution in [0.1, 0.15) is 58.7 Å². The average molecular weight is 283 g/mol. The molecule has 0 unspecified atom stereocenters. The molecule has 0 aromatic carbocycles. The van der Waals surface area contributed by atoms with E-state index >= 15 is 0 Å². The van der Waals surface area contributed by atoms with E-state index in [2.05, 4.69) is 35.4 Å². The first-order chi connectivity index (χ1) is 9.16. The van der Waals surface area contributed by atoms with Gasteiger partial charge in [0.05, 0.1) is 0 Å². The number of anilines is 1. The predicted octanol–water partition coefficient (Wildman–Crippen LogP) is 3.80. The number of nitrogens with one attached hydrogen (secondary N) is 1. The molecule has 1 aromatic heterocycles. The van der Waals surface area contributed by atoms with Gasteiger partial charge in [0, 0.05) is 24.7 Å². The van der Waals surface area contributed by atoms with Crippen molar-refractivity contribution in [2.24, 2.45) is 5.92 Å². The van der Waals surface area contributed by atoms with Gasteiger partial charge in [0.25, 0.3) is 0 Å².